The lowest BCUT2D eigenvalue weighted by Gasteiger charge is -2.32. The summed E-state index contributed by atoms with van der Waals surface area (Å²) in [5.74, 6) is 0.859. The van der Waals surface area contributed by atoms with Crippen LogP contribution in [0.4, 0.5) is 5.69 Å². The van der Waals surface area contributed by atoms with Gasteiger partial charge in [0.25, 0.3) is 0 Å². The van der Waals surface area contributed by atoms with Gasteiger partial charge in [-0.1, -0.05) is 13.3 Å². The van der Waals surface area contributed by atoms with Crippen molar-refractivity contribution in [3.05, 3.63) is 24.5 Å². The fourth-order valence-electron chi connectivity index (χ4n) is 2.73. The van der Waals surface area contributed by atoms with Crippen LogP contribution < -0.4 is 10.2 Å². The molecule has 2 rings (SSSR count). The molecule has 0 bridgehead atoms. The minimum absolute atomic E-state index is 0.0354. The van der Waals surface area contributed by atoms with Crippen LogP contribution in [0.1, 0.15) is 33.1 Å². The third-order valence-corrected chi connectivity index (χ3v) is 3.94. The highest BCUT2D eigenvalue weighted by Gasteiger charge is 2.29. The molecule has 1 saturated heterocycles. The molecule has 2 unspecified atom stereocenters. The van der Waals surface area contributed by atoms with Crippen LogP contribution in [-0.2, 0) is 4.79 Å². The molecule has 0 spiro atoms. The monoisotopic (exact) mass is 261 g/mol. The number of hydrogen-bond acceptors (Lipinski definition) is 3. The van der Waals surface area contributed by atoms with Gasteiger partial charge in [-0.3, -0.25) is 9.78 Å². The predicted molar refractivity (Wildman–Crippen MR) is 77.1 cm³/mol. The number of pyridine rings is 1. The maximum atomic E-state index is 12.6. The lowest BCUT2D eigenvalue weighted by atomic mass is 9.90. The van der Waals surface area contributed by atoms with E-state index in [1.807, 2.05) is 24.0 Å². The Balaban J connectivity index is 2.08. The van der Waals surface area contributed by atoms with Gasteiger partial charge in [0.1, 0.15) is 0 Å². The second kappa shape index (κ2) is 6.66. The van der Waals surface area contributed by atoms with Gasteiger partial charge in [0.2, 0.25) is 5.91 Å². The zero-order valence-electron chi connectivity index (χ0n) is 11.8. The van der Waals surface area contributed by atoms with Crippen molar-refractivity contribution >= 4 is 11.6 Å². The highest BCUT2D eigenvalue weighted by Crippen LogP contribution is 2.22. The molecule has 19 heavy (non-hydrogen) atoms. The number of nitrogens with zero attached hydrogens (tertiary/aromatic N) is 2. The normalized spacial score (nSPS) is 23.1. The molecule has 1 aromatic rings. The summed E-state index contributed by atoms with van der Waals surface area (Å²) < 4.78 is 0. The Morgan fingerprint density at radius 2 is 2.16 bits per heavy atom. The molecular weight excluding hydrogens is 238 g/mol. The zero-order valence-corrected chi connectivity index (χ0v) is 11.8. The van der Waals surface area contributed by atoms with Crippen molar-refractivity contribution in [1.82, 2.24) is 10.3 Å². The first kappa shape index (κ1) is 14.0. The van der Waals surface area contributed by atoms with E-state index in [1.54, 1.807) is 12.4 Å². The van der Waals surface area contributed by atoms with Crippen molar-refractivity contribution in [1.29, 1.82) is 0 Å². The summed E-state index contributed by atoms with van der Waals surface area (Å²) in [5.41, 5.74) is 0.933. The lowest BCUT2D eigenvalue weighted by Crippen LogP contribution is -2.50. The Labute approximate surface area is 115 Å². The van der Waals surface area contributed by atoms with Crippen LogP contribution in [0.2, 0.25) is 0 Å². The van der Waals surface area contributed by atoms with Gasteiger partial charge in [0, 0.05) is 24.6 Å². The highest BCUT2D eigenvalue weighted by molar-refractivity contribution is 5.97. The SMILES string of the molecule is CCC1CCNC(C(=O)N(CC)c2ccncc2)C1. The topological polar surface area (TPSA) is 45.2 Å². The molecule has 1 aliphatic rings. The molecule has 0 aromatic carbocycles. The molecule has 0 radical (unpaired) electrons. The second-order valence-corrected chi connectivity index (χ2v) is 5.09. The molecule has 4 nitrogen and oxygen atoms in total. The first-order valence-corrected chi connectivity index (χ1v) is 7.21. The van der Waals surface area contributed by atoms with Crippen molar-refractivity contribution in [2.75, 3.05) is 18.0 Å². The molecule has 0 saturated carbocycles. The molecule has 0 aliphatic carbocycles. The average Bonchev–Trinajstić information content (AvgIpc) is 2.49. The molecule has 2 heterocycles. The van der Waals surface area contributed by atoms with Gasteiger partial charge in [-0.15, -0.1) is 0 Å². The van der Waals surface area contributed by atoms with Crippen LogP contribution in [-0.4, -0.2) is 30.0 Å². The van der Waals surface area contributed by atoms with E-state index in [0.717, 1.165) is 25.1 Å². The van der Waals surface area contributed by atoms with Gasteiger partial charge in [-0.05, 0) is 44.4 Å². The number of hydrogen-bond donors (Lipinski definition) is 1. The molecular formula is C15H23N3O. The van der Waals surface area contributed by atoms with Gasteiger partial charge in [0.15, 0.2) is 0 Å². The summed E-state index contributed by atoms with van der Waals surface area (Å²) in [5, 5.41) is 3.36. The fraction of sp³-hybridized carbons (Fsp3) is 0.600. The van der Waals surface area contributed by atoms with E-state index in [4.69, 9.17) is 0 Å². The van der Waals surface area contributed by atoms with Crippen molar-refractivity contribution < 1.29 is 4.79 Å². The first-order chi connectivity index (χ1) is 9.26. The summed E-state index contributed by atoms with van der Waals surface area (Å²) in [6, 6.07) is 3.75. The van der Waals surface area contributed by atoms with Gasteiger partial charge >= 0.3 is 0 Å². The van der Waals surface area contributed by atoms with Crippen molar-refractivity contribution in [3.63, 3.8) is 0 Å². The van der Waals surface area contributed by atoms with Crippen molar-refractivity contribution in [2.45, 2.75) is 39.2 Å². The number of nitrogens with one attached hydrogen (secondary N) is 1. The number of aromatic nitrogens is 1. The van der Waals surface area contributed by atoms with E-state index in [-0.39, 0.29) is 11.9 Å². The number of amides is 1. The Morgan fingerprint density at radius 3 is 2.79 bits per heavy atom. The van der Waals surface area contributed by atoms with E-state index in [2.05, 4.69) is 17.2 Å². The minimum atomic E-state index is -0.0354. The summed E-state index contributed by atoms with van der Waals surface area (Å²) in [4.78, 5) is 18.5. The standard InChI is InChI=1S/C15H23N3O/c1-3-12-5-10-17-14(11-12)15(19)18(4-2)13-6-8-16-9-7-13/h6-9,12,14,17H,3-5,10-11H2,1-2H3. The Hall–Kier alpha value is -1.42. The third kappa shape index (κ3) is 3.32. The fourth-order valence-corrected chi connectivity index (χ4v) is 2.73. The van der Waals surface area contributed by atoms with Crippen LogP contribution >= 0.6 is 0 Å². The number of anilines is 1. The van der Waals surface area contributed by atoms with Gasteiger partial charge in [-0.25, -0.2) is 0 Å². The largest absolute Gasteiger partial charge is 0.311 e. The predicted octanol–water partition coefficient (Wildman–Crippen LogP) is 2.21. The lowest BCUT2D eigenvalue weighted by molar-refractivity contribution is -0.121. The number of likely N-dealkylation sites (N-methyl/N-ethyl adjacent to an activating group) is 1. The summed E-state index contributed by atoms with van der Waals surface area (Å²) in [7, 11) is 0. The van der Waals surface area contributed by atoms with E-state index in [0.29, 0.717) is 12.5 Å². The summed E-state index contributed by atoms with van der Waals surface area (Å²) in [6.45, 7) is 5.86. The van der Waals surface area contributed by atoms with Crippen molar-refractivity contribution in [2.24, 2.45) is 5.92 Å². The van der Waals surface area contributed by atoms with Crippen LogP contribution in [0.3, 0.4) is 0 Å². The van der Waals surface area contributed by atoms with E-state index < -0.39 is 0 Å². The first-order valence-electron chi connectivity index (χ1n) is 7.21. The van der Waals surface area contributed by atoms with E-state index in [9.17, 15) is 4.79 Å². The molecule has 1 aliphatic heterocycles. The molecule has 2 atom stereocenters. The van der Waals surface area contributed by atoms with E-state index >= 15 is 0 Å². The van der Waals surface area contributed by atoms with Crippen LogP contribution in [0, 0.1) is 5.92 Å². The molecule has 1 fully saturated rings. The van der Waals surface area contributed by atoms with Crippen molar-refractivity contribution in [3.8, 4) is 0 Å². The molecule has 4 heteroatoms. The molecule has 1 amide bonds. The Morgan fingerprint density at radius 1 is 1.42 bits per heavy atom. The number of carbonyl (C=O) groups is 1. The second-order valence-electron chi connectivity index (χ2n) is 5.09. The summed E-state index contributed by atoms with van der Waals surface area (Å²) >= 11 is 0. The summed E-state index contributed by atoms with van der Waals surface area (Å²) in [6.07, 6.45) is 6.76. The maximum absolute atomic E-state index is 12.6. The Bertz CT molecular complexity index is 407. The van der Waals surface area contributed by atoms with Gasteiger partial charge in [-0.2, -0.15) is 0 Å². The van der Waals surface area contributed by atoms with Gasteiger partial charge in [0.05, 0.1) is 6.04 Å². The smallest absolute Gasteiger partial charge is 0.244 e. The third-order valence-electron chi connectivity index (χ3n) is 3.94. The Kier molecular flexibility index (Phi) is 4.91. The molecule has 104 valence electrons. The van der Waals surface area contributed by atoms with Crippen LogP contribution in [0.5, 0.6) is 0 Å². The number of rotatable bonds is 4. The van der Waals surface area contributed by atoms with Gasteiger partial charge < -0.3 is 10.2 Å². The molecule has 1 N–H and O–H groups in total. The average molecular weight is 261 g/mol. The van der Waals surface area contributed by atoms with E-state index in [1.165, 1.54) is 6.42 Å². The zero-order chi connectivity index (χ0) is 13.7. The minimum Gasteiger partial charge on any atom is -0.311 e. The number of piperidine rings is 1. The highest BCUT2D eigenvalue weighted by atomic mass is 16.2. The maximum Gasteiger partial charge on any atom is 0.244 e. The molecule has 1 aromatic heterocycles. The number of carbonyl (C=O) groups excluding carboxylic acids is 1. The quantitative estimate of drug-likeness (QED) is 0.904. The van der Waals surface area contributed by atoms with Crippen LogP contribution in [0.15, 0.2) is 24.5 Å². The van der Waals surface area contributed by atoms with Crippen LogP contribution in [0.25, 0.3) is 0 Å².